The lowest BCUT2D eigenvalue weighted by Gasteiger charge is -2.22. The van der Waals surface area contributed by atoms with Crippen molar-refractivity contribution in [2.24, 2.45) is 0 Å². The maximum atomic E-state index is 14.7. The van der Waals surface area contributed by atoms with E-state index in [2.05, 4.69) is 0 Å². The molecule has 1 saturated carbocycles. The second-order valence-corrected chi connectivity index (χ2v) is 7.33. The third-order valence-corrected chi connectivity index (χ3v) is 5.38. The molecule has 0 aliphatic heterocycles. The van der Waals surface area contributed by atoms with E-state index < -0.39 is 0 Å². The van der Waals surface area contributed by atoms with Crippen molar-refractivity contribution in [1.82, 2.24) is 0 Å². The summed E-state index contributed by atoms with van der Waals surface area (Å²) in [6.07, 6.45) is 6.66. The van der Waals surface area contributed by atoms with Crippen LogP contribution in [-0.2, 0) is 11.3 Å². The average Bonchev–Trinajstić information content (AvgIpc) is 2.74. The molecule has 0 bridgehead atoms. The van der Waals surface area contributed by atoms with Crippen molar-refractivity contribution < 1.29 is 9.13 Å². The van der Waals surface area contributed by atoms with Crippen LogP contribution in [0.1, 0.15) is 37.7 Å². The van der Waals surface area contributed by atoms with Crippen molar-refractivity contribution in [2.45, 2.75) is 44.8 Å². The Morgan fingerprint density at radius 3 is 2.15 bits per heavy atom. The number of benzene rings is 3. The van der Waals surface area contributed by atoms with Crippen LogP contribution in [0, 0.1) is 5.82 Å². The molecule has 0 aromatic heterocycles. The van der Waals surface area contributed by atoms with Gasteiger partial charge in [-0.2, -0.15) is 0 Å². The van der Waals surface area contributed by atoms with Gasteiger partial charge in [-0.15, -0.1) is 0 Å². The molecule has 3 aromatic carbocycles. The van der Waals surface area contributed by atoms with Gasteiger partial charge in [0.1, 0.15) is 5.82 Å². The van der Waals surface area contributed by atoms with Crippen LogP contribution < -0.4 is 0 Å². The van der Waals surface area contributed by atoms with E-state index in [0.29, 0.717) is 18.3 Å². The Bertz CT molecular complexity index is 865. The van der Waals surface area contributed by atoms with E-state index in [-0.39, 0.29) is 5.82 Å². The Morgan fingerprint density at radius 2 is 1.44 bits per heavy atom. The molecule has 138 valence electrons. The lowest BCUT2D eigenvalue weighted by Crippen LogP contribution is -2.16. The average molecular weight is 360 g/mol. The molecule has 1 nitrogen and oxygen atoms in total. The first-order chi connectivity index (χ1) is 13.3. The lowest BCUT2D eigenvalue weighted by molar-refractivity contribution is 0.0169. The molecule has 0 radical (unpaired) electrons. The molecule has 0 spiro atoms. The quantitative estimate of drug-likeness (QED) is 0.475. The molecule has 0 amide bonds. The Hall–Kier alpha value is -2.45. The molecule has 0 heterocycles. The molecule has 0 unspecified atom stereocenters. The zero-order valence-electron chi connectivity index (χ0n) is 15.5. The van der Waals surface area contributed by atoms with Crippen LogP contribution in [-0.4, -0.2) is 6.10 Å². The summed E-state index contributed by atoms with van der Waals surface area (Å²) in [7, 11) is 0. The fraction of sp³-hybridized carbons (Fsp3) is 0.280. The summed E-state index contributed by atoms with van der Waals surface area (Å²) in [5, 5.41) is 0. The SMILES string of the molecule is Fc1cc(-c2ccccc2)ccc1-c1ccc(COC2CCCCC2)cc1. The van der Waals surface area contributed by atoms with Crippen LogP contribution in [0.25, 0.3) is 22.3 Å². The minimum Gasteiger partial charge on any atom is -0.374 e. The molecule has 1 aliphatic rings. The van der Waals surface area contributed by atoms with Gasteiger partial charge in [-0.1, -0.05) is 86.0 Å². The molecule has 1 fully saturated rings. The van der Waals surface area contributed by atoms with Crippen molar-refractivity contribution in [2.75, 3.05) is 0 Å². The largest absolute Gasteiger partial charge is 0.374 e. The fourth-order valence-corrected chi connectivity index (χ4v) is 3.79. The lowest BCUT2D eigenvalue weighted by atomic mass is 9.97. The van der Waals surface area contributed by atoms with Crippen LogP contribution in [0.2, 0.25) is 0 Å². The molecule has 2 heteroatoms. The Labute approximate surface area is 160 Å². The van der Waals surface area contributed by atoms with Gasteiger partial charge < -0.3 is 4.74 Å². The smallest absolute Gasteiger partial charge is 0.131 e. The van der Waals surface area contributed by atoms with Gasteiger partial charge in [-0.05, 0) is 41.2 Å². The summed E-state index contributed by atoms with van der Waals surface area (Å²) in [4.78, 5) is 0. The number of ether oxygens (including phenoxy) is 1. The minimum atomic E-state index is -0.192. The maximum Gasteiger partial charge on any atom is 0.131 e. The Morgan fingerprint density at radius 1 is 0.741 bits per heavy atom. The van der Waals surface area contributed by atoms with Crippen LogP contribution in [0.4, 0.5) is 4.39 Å². The molecule has 0 N–H and O–H groups in total. The molecule has 0 atom stereocenters. The predicted molar refractivity (Wildman–Crippen MR) is 109 cm³/mol. The summed E-state index contributed by atoms with van der Waals surface area (Å²) >= 11 is 0. The number of hydrogen-bond donors (Lipinski definition) is 0. The zero-order chi connectivity index (χ0) is 18.5. The minimum absolute atomic E-state index is 0.192. The fourth-order valence-electron chi connectivity index (χ4n) is 3.79. The van der Waals surface area contributed by atoms with Gasteiger partial charge >= 0.3 is 0 Å². The highest BCUT2D eigenvalue weighted by atomic mass is 19.1. The first-order valence-electron chi connectivity index (χ1n) is 9.85. The third-order valence-electron chi connectivity index (χ3n) is 5.38. The van der Waals surface area contributed by atoms with E-state index >= 15 is 0 Å². The van der Waals surface area contributed by atoms with Crippen molar-refractivity contribution in [3.05, 3.63) is 84.2 Å². The summed E-state index contributed by atoms with van der Waals surface area (Å²) in [5.74, 6) is -0.192. The van der Waals surface area contributed by atoms with Gasteiger partial charge in [0.15, 0.2) is 0 Å². The molecule has 1 aliphatic carbocycles. The third kappa shape index (κ3) is 4.45. The highest BCUT2D eigenvalue weighted by Gasteiger charge is 2.13. The van der Waals surface area contributed by atoms with E-state index in [1.54, 1.807) is 6.07 Å². The van der Waals surface area contributed by atoms with Crippen molar-refractivity contribution in [1.29, 1.82) is 0 Å². The monoisotopic (exact) mass is 360 g/mol. The van der Waals surface area contributed by atoms with Crippen LogP contribution in [0.5, 0.6) is 0 Å². The number of hydrogen-bond acceptors (Lipinski definition) is 1. The Kier molecular flexibility index (Phi) is 5.64. The van der Waals surface area contributed by atoms with E-state index in [1.165, 1.54) is 32.1 Å². The molecular formula is C25H25FO. The second-order valence-electron chi connectivity index (χ2n) is 7.33. The first kappa shape index (κ1) is 17.9. The van der Waals surface area contributed by atoms with Crippen molar-refractivity contribution in [3.63, 3.8) is 0 Å². The van der Waals surface area contributed by atoms with Crippen LogP contribution in [0.3, 0.4) is 0 Å². The van der Waals surface area contributed by atoms with E-state index in [9.17, 15) is 4.39 Å². The summed E-state index contributed by atoms with van der Waals surface area (Å²) in [6, 6.07) is 23.4. The van der Waals surface area contributed by atoms with Gasteiger partial charge in [0, 0.05) is 5.56 Å². The topological polar surface area (TPSA) is 9.23 Å². The van der Waals surface area contributed by atoms with Gasteiger partial charge in [-0.25, -0.2) is 4.39 Å². The highest BCUT2D eigenvalue weighted by Crippen LogP contribution is 2.28. The molecule has 3 aromatic rings. The number of halogens is 1. The standard InChI is InChI=1S/C25H25FO/c26-25-17-22(20-7-3-1-4-8-20)15-16-24(25)21-13-11-19(12-14-21)18-27-23-9-5-2-6-10-23/h1,3-4,7-8,11-17,23H,2,5-6,9-10,18H2. The number of rotatable bonds is 5. The Balaban J connectivity index is 1.45. The van der Waals surface area contributed by atoms with Gasteiger partial charge in [-0.3, -0.25) is 0 Å². The first-order valence-corrected chi connectivity index (χ1v) is 9.85. The molecule has 27 heavy (non-hydrogen) atoms. The van der Waals surface area contributed by atoms with Crippen molar-refractivity contribution >= 4 is 0 Å². The van der Waals surface area contributed by atoms with Crippen molar-refractivity contribution in [3.8, 4) is 22.3 Å². The van der Waals surface area contributed by atoms with Gasteiger partial charge in [0.25, 0.3) is 0 Å². The van der Waals surface area contributed by atoms with Gasteiger partial charge in [0.05, 0.1) is 12.7 Å². The van der Waals surface area contributed by atoms with E-state index in [1.807, 2.05) is 66.7 Å². The summed E-state index contributed by atoms with van der Waals surface area (Å²) in [6.45, 7) is 0.639. The zero-order valence-corrected chi connectivity index (χ0v) is 15.5. The normalized spacial score (nSPS) is 15.0. The second kappa shape index (κ2) is 8.49. The summed E-state index contributed by atoms with van der Waals surface area (Å²) < 4.78 is 20.7. The van der Waals surface area contributed by atoms with Crippen LogP contribution >= 0.6 is 0 Å². The highest BCUT2D eigenvalue weighted by molar-refractivity contribution is 5.71. The van der Waals surface area contributed by atoms with E-state index in [0.717, 1.165) is 22.3 Å². The van der Waals surface area contributed by atoms with E-state index in [4.69, 9.17) is 4.74 Å². The molecular weight excluding hydrogens is 335 g/mol. The van der Waals surface area contributed by atoms with Crippen LogP contribution in [0.15, 0.2) is 72.8 Å². The van der Waals surface area contributed by atoms with Gasteiger partial charge in [0.2, 0.25) is 0 Å². The maximum absolute atomic E-state index is 14.7. The molecule has 4 rings (SSSR count). The summed E-state index contributed by atoms with van der Waals surface area (Å²) in [5.41, 5.74) is 4.60. The molecule has 0 saturated heterocycles. The predicted octanol–water partition coefficient (Wildman–Crippen LogP) is 7.01.